The first kappa shape index (κ1) is 33.3. The van der Waals surface area contributed by atoms with E-state index < -0.39 is 86.5 Å². The van der Waals surface area contributed by atoms with Crippen LogP contribution in [0.5, 0.6) is 0 Å². The van der Waals surface area contributed by atoms with Crippen LogP contribution < -0.4 is 5.32 Å². The number of amides is 1. The molecule has 0 aliphatic carbocycles. The third kappa shape index (κ3) is 13.4. The Hall–Kier alpha value is -4.68. The fraction of sp³-hybridized carbons (Fsp3) is 0.360. The summed E-state index contributed by atoms with van der Waals surface area (Å²) in [6, 6.07) is 0. The molecule has 0 saturated carbocycles. The standard InChI is InChI=1S/C25H31NO12/c1-7-18(27)33-12-24(6,13-34-19(28)8-2)26-23(32)38-17-25(14-35-20(29)9-3,15-36-21(30)10-4)16-37-22(31)11-5/h7-11H,1-5,12-17H2,6H3,(H,26,32). The molecule has 0 aromatic rings. The molecule has 38 heavy (non-hydrogen) atoms. The smallest absolute Gasteiger partial charge is 0.407 e. The molecule has 0 aromatic heterocycles. The molecule has 13 nitrogen and oxygen atoms in total. The molecule has 0 rings (SSSR count). The molecule has 0 radical (unpaired) electrons. The molecule has 0 aliphatic heterocycles. The predicted molar refractivity (Wildman–Crippen MR) is 131 cm³/mol. The van der Waals surface area contributed by atoms with E-state index in [9.17, 15) is 28.8 Å². The maximum absolute atomic E-state index is 12.7. The molecule has 0 aromatic carbocycles. The fourth-order valence-electron chi connectivity index (χ4n) is 2.29. The molecule has 0 spiro atoms. The van der Waals surface area contributed by atoms with Crippen molar-refractivity contribution in [2.24, 2.45) is 5.41 Å². The SMILES string of the molecule is C=CC(=O)OCC(COC(=O)C=C)(COC(=O)C=C)COC(=O)NC(C)(COC(=O)C=C)COC(=O)C=C. The van der Waals surface area contributed by atoms with Crippen LogP contribution in [0, 0.1) is 5.41 Å². The lowest BCUT2D eigenvalue weighted by molar-refractivity contribution is -0.159. The first-order valence-corrected chi connectivity index (χ1v) is 10.8. The molecule has 1 N–H and O–H groups in total. The lowest BCUT2D eigenvalue weighted by atomic mass is 9.92. The molecule has 0 aliphatic rings. The highest BCUT2D eigenvalue weighted by Crippen LogP contribution is 2.22. The summed E-state index contributed by atoms with van der Waals surface area (Å²) in [4.78, 5) is 70.7. The first-order chi connectivity index (χ1) is 17.9. The predicted octanol–water partition coefficient (Wildman–Crippen LogP) is 1.10. The average molecular weight is 538 g/mol. The Morgan fingerprint density at radius 1 is 0.526 bits per heavy atom. The summed E-state index contributed by atoms with van der Waals surface area (Å²) >= 11 is 0. The Balaban J connectivity index is 5.81. The molecule has 1 amide bonds. The Bertz CT molecular complexity index is 868. The summed E-state index contributed by atoms with van der Waals surface area (Å²) < 4.78 is 30.3. The van der Waals surface area contributed by atoms with Gasteiger partial charge in [-0.15, -0.1) is 0 Å². The van der Waals surface area contributed by atoms with Gasteiger partial charge in [0.25, 0.3) is 0 Å². The van der Waals surface area contributed by atoms with Crippen molar-refractivity contribution in [2.45, 2.75) is 12.5 Å². The average Bonchev–Trinajstić information content (AvgIpc) is 2.92. The summed E-state index contributed by atoms with van der Waals surface area (Å²) in [6.07, 6.45) is 3.27. The Morgan fingerprint density at radius 2 is 0.789 bits per heavy atom. The maximum atomic E-state index is 12.7. The van der Waals surface area contributed by atoms with Gasteiger partial charge in [0.05, 0.1) is 0 Å². The van der Waals surface area contributed by atoms with Crippen LogP contribution in [0.2, 0.25) is 0 Å². The summed E-state index contributed by atoms with van der Waals surface area (Å²) in [5, 5.41) is 2.40. The Morgan fingerprint density at radius 3 is 1.08 bits per heavy atom. The maximum Gasteiger partial charge on any atom is 0.407 e. The zero-order valence-electron chi connectivity index (χ0n) is 21.1. The largest absolute Gasteiger partial charge is 0.462 e. The van der Waals surface area contributed by atoms with Gasteiger partial charge in [-0.3, -0.25) is 0 Å². The van der Waals surface area contributed by atoms with Crippen molar-refractivity contribution in [1.29, 1.82) is 0 Å². The molecule has 0 fully saturated rings. The zero-order chi connectivity index (χ0) is 29.2. The number of hydrogen-bond donors (Lipinski definition) is 1. The molecule has 0 heterocycles. The van der Waals surface area contributed by atoms with Crippen molar-refractivity contribution in [3.8, 4) is 0 Å². The minimum Gasteiger partial charge on any atom is -0.462 e. The van der Waals surface area contributed by atoms with E-state index in [0.29, 0.717) is 0 Å². The van der Waals surface area contributed by atoms with Gasteiger partial charge in [-0.25, -0.2) is 28.8 Å². The van der Waals surface area contributed by atoms with Gasteiger partial charge in [0.2, 0.25) is 0 Å². The molecule has 0 saturated heterocycles. The van der Waals surface area contributed by atoms with Crippen molar-refractivity contribution < 1.29 is 57.2 Å². The number of alkyl carbamates (subject to hydrolysis) is 1. The van der Waals surface area contributed by atoms with Crippen LogP contribution >= 0.6 is 0 Å². The third-order valence-corrected chi connectivity index (χ3v) is 4.37. The number of ether oxygens (including phenoxy) is 6. The van der Waals surface area contributed by atoms with Crippen LogP contribution in [-0.2, 0) is 52.4 Å². The lowest BCUT2D eigenvalue weighted by Gasteiger charge is -2.33. The highest BCUT2D eigenvalue weighted by molar-refractivity contribution is 5.83. The second-order valence-electron chi connectivity index (χ2n) is 7.82. The van der Waals surface area contributed by atoms with E-state index in [1.54, 1.807) is 0 Å². The van der Waals surface area contributed by atoms with Gasteiger partial charge < -0.3 is 33.7 Å². The summed E-state index contributed by atoms with van der Waals surface area (Å²) in [7, 11) is 0. The zero-order valence-corrected chi connectivity index (χ0v) is 21.1. The van der Waals surface area contributed by atoms with E-state index in [0.717, 1.165) is 30.4 Å². The van der Waals surface area contributed by atoms with Gasteiger partial charge in [-0.1, -0.05) is 32.9 Å². The van der Waals surface area contributed by atoms with Crippen LogP contribution in [-0.4, -0.2) is 81.1 Å². The summed E-state index contributed by atoms with van der Waals surface area (Å²) in [5.41, 5.74) is -3.05. The van der Waals surface area contributed by atoms with Crippen molar-refractivity contribution in [3.05, 3.63) is 63.3 Å². The number of carbonyl (C=O) groups excluding carboxylic acids is 6. The van der Waals surface area contributed by atoms with Gasteiger partial charge in [-0.2, -0.15) is 0 Å². The molecule has 0 atom stereocenters. The monoisotopic (exact) mass is 537 g/mol. The molecule has 0 bridgehead atoms. The first-order valence-electron chi connectivity index (χ1n) is 10.8. The molecule has 208 valence electrons. The summed E-state index contributed by atoms with van der Waals surface area (Å²) in [5.74, 6) is -4.19. The van der Waals surface area contributed by atoms with Gasteiger partial charge in [0.1, 0.15) is 50.6 Å². The molecular weight excluding hydrogens is 506 g/mol. The van der Waals surface area contributed by atoms with Crippen LogP contribution in [0.3, 0.4) is 0 Å². The Labute approximate surface area is 219 Å². The number of nitrogens with one attached hydrogen (secondary N) is 1. The number of rotatable bonds is 18. The van der Waals surface area contributed by atoms with E-state index in [1.165, 1.54) is 6.92 Å². The van der Waals surface area contributed by atoms with E-state index in [2.05, 4.69) is 38.2 Å². The van der Waals surface area contributed by atoms with Crippen LogP contribution in [0.15, 0.2) is 63.3 Å². The minimum atomic E-state index is -1.58. The molecule has 13 heteroatoms. The number of carbonyl (C=O) groups is 6. The topological polar surface area (TPSA) is 170 Å². The highest BCUT2D eigenvalue weighted by atomic mass is 16.6. The van der Waals surface area contributed by atoms with Crippen molar-refractivity contribution in [1.82, 2.24) is 5.32 Å². The van der Waals surface area contributed by atoms with E-state index in [1.807, 2.05) is 0 Å². The van der Waals surface area contributed by atoms with E-state index >= 15 is 0 Å². The summed E-state index contributed by atoms with van der Waals surface area (Å²) in [6.45, 7) is 14.6. The van der Waals surface area contributed by atoms with Gasteiger partial charge >= 0.3 is 35.9 Å². The van der Waals surface area contributed by atoms with Gasteiger partial charge in [0, 0.05) is 30.4 Å². The fourth-order valence-corrected chi connectivity index (χ4v) is 2.29. The number of esters is 5. The molecule has 0 unspecified atom stereocenters. The quantitative estimate of drug-likeness (QED) is 0.150. The van der Waals surface area contributed by atoms with Crippen LogP contribution in [0.25, 0.3) is 0 Å². The second kappa shape index (κ2) is 16.9. The van der Waals surface area contributed by atoms with Crippen LogP contribution in [0.1, 0.15) is 6.92 Å². The van der Waals surface area contributed by atoms with E-state index in [4.69, 9.17) is 28.4 Å². The molecular formula is C25H31NO12. The van der Waals surface area contributed by atoms with E-state index in [-0.39, 0.29) is 0 Å². The third-order valence-electron chi connectivity index (χ3n) is 4.37. The lowest BCUT2D eigenvalue weighted by Crippen LogP contribution is -2.54. The van der Waals surface area contributed by atoms with Gasteiger partial charge in [0.15, 0.2) is 0 Å². The van der Waals surface area contributed by atoms with Crippen molar-refractivity contribution in [3.63, 3.8) is 0 Å². The van der Waals surface area contributed by atoms with Crippen molar-refractivity contribution in [2.75, 3.05) is 39.6 Å². The minimum absolute atomic E-state index is 0.451. The van der Waals surface area contributed by atoms with Gasteiger partial charge in [-0.05, 0) is 6.92 Å². The Kier molecular flexibility index (Phi) is 14.8. The van der Waals surface area contributed by atoms with Crippen molar-refractivity contribution >= 4 is 35.9 Å². The second-order valence-corrected chi connectivity index (χ2v) is 7.82. The normalized spacial score (nSPS) is 10.4. The van der Waals surface area contributed by atoms with Crippen LogP contribution in [0.4, 0.5) is 4.79 Å². The highest BCUT2D eigenvalue weighted by Gasteiger charge is 2.38. The number of hydrogen-bond acceptors (Lipinski definition) is 12.